The fraction of sp³-hybridized carbons (Fsp3) is 0.500. The van der Waals surface area contributed by atoms with Crippen molar-refractivity contribution < 1.29 is 0 Å². The Morgan fingerprint density at radius 1 is 1.15 bits per heavy atom. The number of nitrogens with one attached hydrogen (secondary N) is 1. The summed E-state index contributed by atoms with van der Waals surface area (Å²) in [5.41, 5.74) is 4.84. The van der Waals surface area contributed by atoms with Crippen LogP contribution in [0.4, 0.5) is 11.5 Å². The Kier molecular flexibility index (Phi) is 4.70. The molecule has 1 saturated heterocycles. The molecule has 3 aliphatic rings. The molecule has 4 heteroatoms. The summed E-state index contributed by atoms with van der Waals surface area (Å²) in [5, 5.41) is 3.51. The van der Waals surface area contributed by atoms with Crippen molar-refractivity contribution >= 4 is 23.9 Å². The highest BCUT2D eigenvalue weighted by Crippen LogP contribution is 2.55. The molecule has 1 aromatic heterocycles. The molecular formula is C22H28ClN3. The van der Waals surface area contributed by atoms with Gasteiger partial charge in [0.1, 0.15) is 5.82 Å². The average molecular weight is 370 g/mol. The average Bonchev–Trinajstić information content (AvgIpc) is 2.66. The van der Waals surface area contributed by atoms with Crippen LogP contribution in [0.1, 0.15) is 43.2 Å². The minimum absolute atomic E-state index is 0. The topological polar surface area (TPSA) is 28.2 Å². The summed E-state index contributed by atoms with van der Waals surface area (Å²) in [5.74, 6) is 1.77. The van der Waals surface area contributed by atoms with Gasteiger partial charge in [0.25, 0.3) is 0 Å². The van der Waals surface area contributed by atoms with Crippen molar-refractivity contribution in [1.29, 1.82) is 0 Å². The second kappa shape index (κ2) is 6.86. The molecule has 2 fully saturated rings. The molecular weight excluding hydrogens is 342 g/mol. The Hall–Kier alpha value is -1.58. The first-order valence-corrected chi connectivity index (χ1v) is 9.78. The van der Waals surface area contributed by atoms with E-state index in [0.29, 0.717) is 5.41 Å². The van der Waals surface area contributed by atoms with Gasteiger partial charge in [0.15, 0.2) is 0 Å². The Labute approximate surface area is 162 Å². The maximum Gasteiger partial charge on any atom is 0.130 e. The van der Waals surface area contributed by atoms with Crippen molar-refractivity contribution in [2.24, 2.45) is 5.92 Å². The lowest BCUT2D eigenvalue weighted by molar-refractivity contribution is 0.00290. The molecule has 2 aromatic rings. The van der Waals surface area contributed by atoms with E-state index in [1.165, 1.54) is 50.8 Å². The van der Waals surface area contributed by atoms with Crippen molar-refractivity contribution in [2.45, 2.75) is 50.0 Å². The number of hydrogen-bond acceptors (Lipinski definition) is 3. The third-order valence-electron chi connectivity index (χ3n) is 7.05. The number of hydrogen-bond donors (Lipinski definition) is 1. The first-order chi connectivity index (χ1) is 12.3. The molecule has 1 saturated carbocycles. The van der Waals surface area contributed by atoms with Gasteiger partial charge in [-0.25, -0.2) is 4.98 Å². The predicted molar refractivity (Wildman–Crippen MR) is 110 cm³/mol. The molecule has 0 spiro atoms. The van der Waals surface area contributed by atoms with Gasteiger partial charge in [0.05, 0.1) is 0 Å². The zero-order valence-corrected chi connectivity index (χ0v) is 16.3. The Balaban J connectivity index is 0.00000168. The molecule has 3 nitrogen and oxygen atoms in total. The van der Waals surface area contributed by atoms with Gasteiger partial charge < -0.3 is 10.2 Å². The summed E-state index contributed by atoms with van der Waals surface area (Å²) in [7, 11) is 2.34. The molecule has 26 heavy (non-hydrogen) atoms. The molecule has 5 rings (SSSR count). The largest absolute Gasteiger partial charge is 0.340 e. The molecule has 0 radical (unpaired) electrons. The zero-order valence-electron chi connectivity index (χ0n) is 15.4. The third-order valence-corrected chi connectivity index (χ3v) is 7.05. The van der Waals surface area contributed by atoms with E-state index in [4.69, 9.17) is 0 Å². The Bertz CT molecular complexity index is 778. The van der Waals surface area contributed by atoms with Crippen LogP contribution < -0.4 is 5.32 Å². The second-order valence-corrected chi connectivity index (χ2v) is 8.22. The fourth-order valence-electron chi connectivity index (χ4n) is 5.86. The van der Waals surface area contributed by atoms with Crippen LogP contribution in [0, 0.1) is 5.92 Å². The smallest absolute Gasteiger partial charge is 0.130 e. The van der Waals surface area contributed by atoms with Gasteiger partial charge in [-0.1, -0.05) is 25.0 Å². The molecule has 138 valence electrons. The van der Waals surface area contributed by atoms with Crippen LogP contribution >= 0.6 is 12.4 Å². The molecule has 0 amide bonds. The van der Waals surface area contributed by atoms with Gasteiger partial charge in [-0.3, -0.25) is 0 Å². The molecule has 2 bridgehead atoms. The number of likely N-dealkylation sites (tertiary alicyclic amines) is 1. The summed E-state index contributed by atoms with van der Waals surface area (Å²) in [4.78, 5) is 7.06. The van der Waals surface area contributed by atoms with E-state index in [0.717, 1.165) is 17.8 Å². The number of nitrogens with zero attached hydrogens (tertiary/aromatic N) is 2. The highest BCUT2D eigenvalue weighted by atomic mass is 35.5. The first-order valence-electron chi connectivity index (χ1n) is 9.78. The monoisotopic (exact) mass is 369 g/mol. The number of anilines is 2. The van der Waals surface area contributed by atoms with Crippen LogP contribution in [0.3, 0.4) is 0 Å². The number of aromatic nitrogens is 1. The molecule has 0 unspecified atom stereocenters. The van der Waals surface area contributed by atoms with E-state index in [9.17, 15) is 0 Å². The highest BCUT2D eigenvalue weighted by Gasteiger charge is 2.52. The number of rotatable bonds is 2. The van der Waals surface area contributed by atoms with E-state index in [1.807, 2.05) is 24.4 Å². The summed E-state index contributed by atoms with van der Waals surface area (Å²) >= 11 is 0. The standard InChI is InChI=1S/C22H27N3.ClH/c1-25-13-11-22-10-4-2-6-18(22)20(25)14-16-8-9-17(15-19(16)22)24-21-7-3-5-12-23-21;/h3,5,7-9,12,15,18,20H,2,4,6,10-11,13-14H2,1H3,(H,23,24);1H/t18-,20+,22+;/m0./s1. The molecule has 1 N–H and O–H groups in total. The van der Waals surface area contributed by atoms with Gasteiger partial charge in [-0.15, -0.1) is 12.4 Å². The number of fused-ring (bicyclic) bond motifs is 1. The fourth-order valence-corrected chi connectivity index (χ4v) is 5.86. The van der Waals surface area contributed by atoms with Crippen LogP contribution in [-0.2, 0) is 11.8 Å². The van der Waals surface area contributed by atoms with E-state index >= 15 is 0 Å². The van der Waals surface area contributed by atoms with E-state index in [-0.39, 0.29) is 12.4 Å². The number of likely N-dealkylation sites (N-methyl/N-ethyl adjacent to an activating group) is 1. The van der Waals surface area contributed by atoms with Crippen LogP contribution in [0.25, 0.3) is 0 Å². The minimum atomic E-state index is 0. The number of halogens is 1. The minimum Gasteiger partial charge on any atom is -0.340 e. The lowest BCUT2D eigenvalue weighted by Gasteiger charge is -2.58. The van der Waals surface area contributed by atoms with E-state index in [1.54, 1.807) is 11.1 Å². The SMILES string of the molecule is CN1CC[C@]23CCCC[C@H]2[C@H]1Cc1ccc(Nc2ccccn2)cc13.Cl. The molecule has 3 atom stereocenters. The van der Waals surface area contributed by atoms with Crippen molar-refractivity contribution in [3.05, 3.63) is 53.7 Å². The van der Waals surface area contributed by atoms with Crippen molar-refractivity contribution in [2.75, 3.05) is 18.9 Å². The van der Waals surface area contributed by atoms with Gasteiger partial charge in [-0.2, -0.15) is 0 Å². The predicted octanol–water partition coefficient (Wildman–Crippen LogP) is 4.94. The quantitative estimate of drug-likeness (QED) is 0.813. The summed E-state index contributed by atoms with van der Waals surface area (Å²) in [6.07, 6.45) is 9.99. The number of piperidine rings is 1. The summed E-state index contributed by atoms with van der Waals surface area (Å²) in [6.45, 7) is 1.25. The van der Waals surface area contributed by atoms with Crippen LogP contribution in [0.2, 0.25) is 0 Å². The summed E-state index contributed by atoms with van der Waals surface area (Å²) < 4.78 is 0. The van der Waals surface area contributed by atoms with Crippen molar-refractivity contribution in [3.63, 3.8) is 0 Å². The normalized spacial score (nSPS) is 29.9. The van der Waals surface area contributed by atoms with Gasteiger partial charge >= 0.3 is 0 Å². The van der Waals surface area contributed by atoms with E-state index < -0.39 is 0 Å². The van der Waals surface area contributed by atoms with Crippen LogP contribution in [-0.4, -0.2) is 29.5 Å². The zero-order chi connectivity index (χ0) is 16.9. The molecule has 1 aromatic carbocycles. The Morgan fingerprint density at radius 3 is 2.92 bits per heavy atom. The first kappa shape index (κ1) is 17.8. The Morgan fingerprint density at radius 2 is 2.08 bits per heavy atom. The van der Waals surface area contributed by atoms with Crippen LogP contribution in [0.5, 0.6) is 0 Å². The van der Waals surface area contributed by atoms with Crippen molar-refractivity contribution in [3.8, 4) is 0 Å². The summed E-state index contributed by atoms with van der Waals surface area (Å²) in [6, 6.07) is 13.8. The van der Waals surface area contributed by atoms with Crippen molar-refractivity contribution in [1.82, 2.24) is 9.88 Å². The molecule has 1 aliphatic heterocycles. The van der Waals surface area contributed by atoms with E-state index in [2.05, 4.69) is 40.4 Å². The maximum absolute atomic E-state index is 4.42. The maximum atomic E-state index is 4.42. The number of pyridine rings is 1. The highest BCUT2D eigenvalue weighted by molar-refractivity contribution is 5.85. The van der Waals surface area contributed by atoms with Gasteiger partial charge in [0.2, 0.25) is 0 Å². The van der Waals surface area contributed by atoms with Gasteiger partial charge in [-0.05, 0) is 80.6 Å². The lowest BCUT2D eigenvalue weighted by Crippen LogP contribution is -2.59. The number of benzene rings is 1. The van der Waals surface area contributed by atoms with Gasteiger partial charge in [0, 0.05) is 23.3 Å². The lowest BCUT2D eigenvalue weighted by atomic mass is 9.52. The third kappa shape index (κ3) is 2.73. The molecule has 2 heterocycles. The second-order valence-electron chi connectivity index (χ2n) is 8.22. The molecule has 2 aliphatic carbocycles. The van der Waals surface area contributed by atoms with Crippen LogP contribution in [0.15, 0.2) is 42.6 Å².